The number of fused-ring (bicyclic) bond motifs is 1. The summed E-state index contributed by atoms with van der Waals surface area (Å²) in [5.74, 6) is -0.352. The number of hydrogen-bond donors (Lipinski definition) is 2. The number of nitrogens with one attached hydrogen (secondary N) is 1. The van der Waals surface area contributed by atoms with Gasteiger partial charge in [0, 0.05) is 43.4 Å². The van der Waals surface area contributed by atoms with Crippen LogP contribution in [0.4, 0.5) is 10.2 Å². The average molecular weight is 607 g/mol. The molecule has 1 unspecified atom stereocenters. The first-order chi connectivity index (χ1) is 21.9. The number of halogens is 1. The zero-order valence-electron chi connectivity index (χ0n) is 24.4. The number of nitrogen functional groups attached to an aromatic ring is 1. The molecule has 3 aromatic heterocycles. The first kappa shape index (κ1) is 28.5. The van der Waals surface area contributed by atoms with Gasteiger partial charge in [0.25, 0.3) is 0 Å². The van der Waals surface area contributed by atoms with Gasteiger partial charge in [-0.25, -0.2) is 19.6 Å². The monoisotopic (exact) mass is 606 g/mol. The number of nitrogens with zero attached hydrogens (tertiary/aromatic N) is 6. The molecule has 0 bridgehead atoms. The maximum atomic E-state index is 14.6. The summed E-state index contributed by atoms with van der Waals surface area (Å²) in [4.78, 5) is 38.9. The molecule has 5 heterocycles. The number of carbonyl (C=O) groups excluding carboxylic acids is 2. The van der Waals surface area contributed by atoms with Gasteiger partial charge in [0.05, 0.1) is 17.3 Å². The van der Waals surface area contributed by atoms with E-state index in [1.54, 1.807) is 6.07 Å². The summed E-state index contributed by atoms with van der Waals surface area (Å²) >= 11 is 0. The van der Waals surface area contributed by atoms with Crippen LogP contribution in [0.25, 0.3) is 22.3 Å². The number of ether oxygens (including phenoxy) is 1. The smallest absolute Gasteiger partial charge is 0.234 e. The van der Waals surface area contributed by atoms with Gasteiger partial charge in [-0.15, -0.1) is 0 Å². The number of aromatic nitrogens is 5. The lowest BCUT2D eigenvalue weighted by Gasteiger charge is -2.32. The highest BCUT2D eigenvalue weighted by Gasteiger charge is 2.31. The average Bonchev–Trinajstić information content (AvgIpc) is 3.44. The Morgan fingerprint density at radius 2 is 1.71 bits per heavy atom. The molecule has 12 heteroatoms. The summed E-state index contributed by atoms with van der Waals surface area (Å²) < 4.78 is 22.5. The van der Waals surface area contributed by atoms with Crippen molar-refractivity contribution in [1.82, 2.24) is 34.9 Å². The number of hydrogen-bond acceptors (Lipinski definition) is 9. The predicted octanol–water partition coefficient (Wildman–Crippen LogP) is 4.76. The van der Waals surface area contributed by atoms with Gasteiger partial charge < -0.3 is 10.5 Å². The Balaban J connectivity index is 1.07. The van der Waals surface area contributed by atoms with Crippen LogP contribution in [-0.2, 0) is 16.1 Å². The fourth-order valence-electron chi connectivity index (χ4n) is 6.17. The minimum Gasteiger partial charge on any atom is -0.457 e. The van der Waals surface area contributed by atoms with Crippen LogP contribution in [-0.4, -0.2) is 54.5 Å². The van der Waals surface area contributed by atoms with Crippen molar-refractivity contribution in [3.63, 3.8) is 0 Å². The van der Waals surface area contributed by atoms with Crippen LogP contribution >= 0.6 is 0 Å². The summed E-state index contributed by atoms with van der Waals surface area (Å²) in [6.45, 7) is 2.12. The highest BCUT2D eigenvalue weighted by Crippen LogP contribution is 2.35. The molecule has 2 aliphatic rings. The molecule has 0 spiro atoms. The number of benzene rings is 2. The molecule has 0 radical (unpaired) electrons. The van der Waals surface area contributed by atoms with Crippen molar-refractivity contribution >= 4 is 28.7 Å². The van der Waals surface area contributed by atoms with Gasteiger partial charge in [-0.3, -0.25) is 19.8 Å². The fraction of sp³-hybridized carbons (Fsp3) is 0.273. The second-order valence-electron chi connectivity index (χ2n) is 11.4. The van der Waals surface area contributed by atoms with Gasteiger partial charge in [-0.2, -0.15) is 9.49 Å². The van der Waals surface area contributed by atoms with Gasteiger partial charge >= 0.3 is 0 Å². The molecule has 0 aliphatic carbocycles. The van der Waals surface area contributed by atoms with E-state index in [4.69, 9.17) is 15.6 Å². The number of imide groups is 1. The number of amides is 2. The number of rotatable bonds is 7. The Morgan fingerprint density at radius 3 is 2.47 bits per heavy atom. The normalized spacial score (nSPS) is 17.8. The number of anilines is 1. The topological polar surface area (TPSA) is 141 Å². The van der Waals surface area contributed by atoms with Crippen LogP contribution in [0.5, 0.6) is 11.5 Å². The lowest BCUT2D eigenvalue weighted by molar-refractivity contribution is -0.134. The highest BCUT2D eigenvalue weighted by molar-refractivity contribution is 6.01. The Bertz CT molecular complexity index is 1870. The molecule has 45 heavy (non-hydrogen) atoms. The van der Waals surface area contributed by atoms with E-state index in [1.165, 1.54) is 12.5 Å². The molecule has 0 saturated carbocycles. The molecule has 2 fully saturated rings. The lowest BCUT2D eigenvalue weighted by atomic mass is 9.90. The highest BCUT2D eigenvalue weighted by atomic mass is 19.1. The first-order valence-electron chi connectivity index (χ1n) is 15.0. The minimum absolute atomic E-state index is 0.0952. The van der Waals surface area contributed by atoms with Crippen LogP contribution in [0, 0.1) is 5.95 Å². The molecule has 1 atom stereocenters. The second kappa shape index (κ2) is 12.0. The Labute approximate surface area is 258 Å². The van der Waals surface area contributed by atoms with E-state index in [0.29, 0.717) is 23.8 Å². The van der Waals surface area contributed by atoms with Gasteiger partial charge in [0.15, 0.2) is 5.65 Å². The molecular weight excluding hydrogens is 575 g/mol. The number of pyridine rings is 1. The molecule has 2 aromatic carbocycles. The molecule has 2 amide bonds. The molecule has 3 N–H and O–H groups in total. The number of carbonyl (C=O) groups is 2. The van der Waals surface area contributed by atoms with Crippen molar-refractivity contribution in [2.45, 2.75) is 44.2 Å². The largest absolute Gasteiger partial charge is 0.457 e. The zero-order valence-corrected chi connectivity index (χ0v) is 24.4. The standard InChI is InChI=1S/C33H31FN8O3/c34-30-26(25-10-11-27(43)39-33(25)44)16-20(17-36-30)18-41-14-12-22(13-15-41)42-32-28(31(35)37-19-38-32)29(40-42)21-6-8-24(9-7-21)45-23-4-2-1-3-5-23/h1-9,16-17,19,22,25H,10-15,18H2,(H2,35,37,38)(H,39,43,44). The van der Waals surface area contributed by atoms with Crippen LogP contribution in [0.2, 0.25) is 0 Å². The van der Waals surface area contributed by atoms with Crippen LogP contribution in [0.15, 0.2) is 73.2 Å². The summed E-state index contributed by atoms with van der Waals surface area (Å²) in [6.07, 6.45) is 5.07. The molecule has 2 aliphatic heterocycles. The third kappa shape index (κ3) is 5.84. The summed E-state index contributed by atoms with van der Waals surface area (Å²) in [5.41, 5.74) is 9.71. The van der Waals surface area contributed by atoms with Gasteiger partial charge in [0.1, 0.15) is 29.3 Å². The third-order valence-corrected chi connectivity index (χ3v) is 8.47. The summed E-state index contributed by atoms with van der Waals surface area (Å²) in [6, 6.07) is 19.1. The van der Waals surface area contributed by atoms with E-state index in [0.717, 1.165) is 53.9 Å². The Kier molecular flexibility index (Phi) is 7.64. The van der Waals surface area contributed by atoms with E-state index < -0.39 is 17.8 Å². The molecule has 228 valence electrons. The fourth-order valence-corrected chi connectivity index (χ4v) is 6.17. The van der Waals surface area contributed by atoms with E-state index in [-0.39, 0.29) is 30.4 Å². The SMILES string of the molecule is Nc1ncnc2c1c(-c1ccc(Oc3ccccc3)cc1)nn2C1CCN(Cc2cnc(F)c(C3CCC(=O)NC3=O)c2)CC1. The van der Waals surface area contributed by atoms with E-state index >= 15 is 0 Å². The summed E-state index contributed by atoms with van der Waals surface area (Å²) in [5, 5.41) is 8.03. The van der Waals surface area contributed by atoms with Gasteiger partial charge in [-0.1, -0.05) is 18.2 Å². The number of para-hydroxylation sites is 1. The minimum atomic E-state index is -0.717. The third-order valence-electron chi connectivity index (χ3n) is 8.47. The number of piperidine rings is 2. The van der Waals surface area contributed by atoms with E-state index in [1.807, 2.05) is 59.3 Å². The van der Waals surface area contributed by atoms with Gasteiger partial charge in [0.2, 0.25) is 17.8 Å². The van der Waals surface area contributed by atoms with Crippen molar-refractivity contribution < 1.29 is 18.7 Å². The van der Waals surface area contributed by atoms with Crippen LogP contribution in [0.1, 0.15) is 48.8 Å². The Hall–Kier alpha value is -5.23. The molecule has 11 nitrogen and oxygen atoms in total. The molecule has 5 aromatic rings. The van der Waals surface area contributed by atoms with Crippen LogP contribution < -0.4 is 15.8 Å². The summed E-state index contributed by atoms with van der Waals surface area (Å²) in [7, 11) is 0. The maximum Gasteiger partial charge on any atom is 0.234 e. The first-order valence-corrected chi connectivity index (χ1v) is 15.0. The second-order valence-corrected chi connectivity index (χ2v) is 11.4. The predicted molar refractivity (Wildman–Crippen MR) is 165 cm³/mol. The van der Waals surface area contributed by atoms with Crippen molar-refractivity contribution in [1.29, 1.82) is 0 Å². The molecular formula is C33H31FN8O3. The van der Waals surface area contributed by atoms with E-state index in [9.17, 15) is 14.0 Å². The molecule has 2 saturated heterocycles. The lowest BCUT2D eigenvalue weighted by Crippen LogP contribution is -2.40. The van der Waals surface area contributed by atoms with Crippen molar-refractivity contribution in [3.05, 3.63) is 90.3 Å². The van der Waals surface area contributed by atoms with Crippen LogP contribution in [0.3, 0.4) is 0 Å². The molecule has 7 rings (SSSR count). The van der Waals surface area contributed by atoms with Crippen molar-refractivity contribution in [2.75, 3.05) is 18.8 Å². The number of likely N-dealkylation sites (tertiary alicyclic amines) is 1. The Morgan fingerprint density at radius 1 is 0.956 bits per heavy atom. The van der Waals surface area contributed by atoms with Gasteiger partial charge in [-0.05, 0) is 67.3 Å². The van der Waals surface area contributed by atoms with Crippen molar-refractivity contribution in [2.24, 2.45) is 0 Å². The maximum absolute atomic E-state index is 14.6. The van der Waals surface area contributed by atoms with Crippen molar-refractivity contribution in [3.8, 4) is 22.8 Å². The van der Waals surface area contributed by atoms with E-state index in [2.05, 4.69) is 25.2 Å². The zero-order chi connectivity index (χ0) is 30.9. The quantitative estimate of drug-likeness (QED) is 0.198. The number of nitrogens with two attached hydrogens (primary N) is 1.